The van der Waals surface area contributed by atoms with Crippen LogP contribution in [0.2, 0.25) is 0 Å². The molecule has 0 aliphatic rings. The van der Waals surface area contributed by atoms with Gasteiger partial charge in [-0.1, -0.05) is 0 Å². The Kier molecular flexibility index (Phi) is 6.85. The summed E-state index contributed by atoms with van der Waals surface area (Å²) in [5.41, 5.74) is 0.220. The average molecular weight is 226 g/mol. The van der Waals surface area contributed by atoms with Crippen LogP contribution in [0.5, 0.6) is 0 Å². The quantitative estimate of drug-likeness (QED) is 0.733. The monoisotopic (exact) mass is 225 g/mol. The van der Waals surface area contributed by atoms with Gasteiger partial charge in [-0.15, -0.1) is 0 Å². The number of carboxylic acid groups (broad SMARTS) is 1. The second-order valence-corrected chi connectivity index (χ2v) is 1.55. The molecule has 0 bridgehead atoms. The van der Waals surface area contributed by atoms with Gasteiger partial charge in [0.1, 0.15) is 0 Å². The molecule has 5 heteroatoms. The van der Waals surface area contributed by atoms with Crippen molar-refractivity contribution in [1.29, 1.82) is 0 Å². The molecule has 0 amide bonds. The van der Waals surface area contributed by atoms with Crippen LogP contribution in [0.1, 0.15) is 10.4 Å². The Morgan fingerprint density at radius 1 is 1.64 bits per heavy atom. The molecule has 1 aromatic rings. The van der Waals surface area contributed by atoms with Crippen LogP contribution < -0.4 is 0 Å². The number of aromatic nitrogens is 1. The van der Waals surface area contributed by atoms with Crippen LogP contribution in [0, 0.1) is 0 Å². The first kappa shape index (κ1) is 11.1. The van der Waals surface area contributed by atoms with Gasteiger partial charge in [-0.3, -0.25) is 4.98 Å². The van der Waals surface area contributed by atoms with Crippen LogP contribution in [0.4, 0.5) is 0 Å². The molecule has 0 atom stereocenters. The first-order chi connectivity index (χ1) is 5.30. The summed E-state index contributed by atoms with van der Waals surface area (Å²) in [4.78, 5) is 13.8. The molecule has 0 aliphatic heterocycles. The molecule has 1 heterocycles. The molecule has 0 aliphatic carbocycles. The normalized spacial score (nSPS) is 7.91. The standard InChI is InChI=1S/C6H5NO2.BrH.Na/c8-6(9)5-2-1-3-7-4-5;;/h1-4H,(H,8,9);1H;/q;;+1/p-1. The Morgan fingerprint density at radius 2 is 2.27 bits per heavy atom. The Hall–Kier alpha value is 0.100. The fraction of sp³-hybridized carbons (Fsp3) is 0. The van der Waals surface area contributed by atoms with E-state index in [1.54, 1.807) is 6.07 Å². The number of pyridine rings is 1. The molecule has 0 radical (unpaired) electrons. The minimum absolute atomic E-state index is 0.220. The van der Waals surface area contributed by atoms with Crippen molar-refractivity contribution in [2.45, 2.75) is 0 Å². The molecule has 0 saturated carbocycles. The molecular formula is C6H5BrNNaO2. The van der Waals surface area contributed by atoms with Gasteiger partial charge in [-0.2, -0.15) is 0 Å². The van der Waals surface area contributed by atoms with Crippen molar-refractivity contribution in [2.24, 2.45) is 0 Å². The summed E-state index contributed by atoms with van der Waals surface area (Å²) in [5, 5.41) is 8.34. The third-order valence-electron chi connectivity index (χ3n) is 0.908. The number of hydrogen-bond donors (Lipinski definition) is 1. The fourth-order valence-corrected chi connectivity index (χ4v) is 0.489. The van der Waals surface area contributed by atoms with Crippen LogP contribution in [-0.4, -0.2) is 41.5 Å². The molecule has 1 rings (SSSR count). The van der Waals surface area contributed by atoms with Crippen LogP contribution in [-0.2, 0) is 0 Å². The Morgan fingerprint density at radius 3 is 2.55 bits per heavy atom. The van der Waals surface area contributed by atoms with E-state index in [0.717, 1.165) is 25.4 Å². The van der Waals surface area contributed by atoms with Crippen molar-refractivity contribution in [3.05, 3.63) is 30.1 Å². The molecule has 11 heavy (non-hydrogen) atoms. The topological polar surface area (TPSA) is 50.2 Å². The summed E-state index contributed by atoms with van der Waals surface area (Å²) in [5.74, 6) is -0.942. The van der Waals surface area contributed by atoms with E-state index in [4.69, 9.17) is 5.11 Å². The molecule has 54 valence electrons. The average Bonchev–Trinajstić information content (AvgIpc) is 2.10. The molecule has 0 spiro atoms. The van der Waals surface area contributed by atoms with Gasteiger partial charge in [-0.05, 0) is 12.1 Å². The summed E-state index contributed by atoms with van der Waals surface area (Å²) in [6.45, 7) is 0. The summed E-state index contributed by atoms with van der Waals surface area (Å²) < 4.78 is 0. The van der Waals surface area contributed by atoms with Crippen molar-refractivity contribution < 1.29 is 9.90 Å². The zero-order valence-electron chi connectivity index (χ0n) is 5.99. The molecule has 0 aromatic carbocycles. The second-order valence-electron chi connectivity index (χ2n) is 1.55. The van der Waals surface area contributed by atoms with Gasteiger partial charge in [0.2, 0.25) is 0 Å². The molecule has 1 aromatic heterocycles. The van der Waals surface area contributed by atoms with Gasteiger partial charge < -0.3 is 5.11 Å². The SMILES string of the molecule is O=C(O)c1cccnc1.[Na][Br]. The van der Waals surface area contributed by atoms with E-state index < -0.39 is 5.97 Å². The zero-order valence-corrected chi connectivity index (χ0v) is 9.58. The van der Waals surface area contributed by atoms with Crippen molar-refractivity contribution >= 4 is 42.9 Å². The fourth-order valence-electron chi connectivity index (χ4n) is 0.489. The number of rotatable bonds is 1. The van der Waals surface area contributed by atoms with Crippen molar-refractivity contribution in [3.63, 3.8) is 0 Å². The third-order valence-corrected chi connectivity index (χ3v) is 0.908. The van der Waals surface area contributed by atoms with Crippen LogP contribution >= 0.6 is 11.5 Å². The first-order valence-electron chi connectivity index (χ1n) is 2.82. The number of carboxylic acids is 1. The predicted octanol–water partition coefficient (Wildman–Crippen LogP) is 1.24. The first-order valence-corrected chi connectivity index (χ1v) is 8.33. The van der Waals surface area contributed by atoms with Gasteiger partial charge in [0, 0.05) is 12.4 Å². The van der Waals surface area contributed by atoms with E-state index in [9.17, 15) is 4.79 Å². The zero-order chi connectivity index (χ0) is 8.69. The Balaban J connectivity index is 0.000000461. The predicted molar refractivity (Wildman–Crippen MR) is 45.9 cm³/mol. The molecule has 0 fully saturated rings. The number of halogens is 1. The number of aromatic carboxylic acids is 1. The third kappa shape index (κ3) is 4.53. The summed E-state index contributed by atoms with van der Waals surface area (Å²) in [6.07, 6.45) is 2.84. The van der Waals surface area contributed by atoms with Gasteiger partial charge in [0.15, 0.2) is 0 Å². The number of carbonyl (C=O) groups is 1. The number of nitrogens with zero attached hydrogens (tertiary/aromatic N) is 1. The summed E-state index contributed by atoms with van der Waals surface area (Å²) in [6, 6.07) is 3.08. The maximum absolute atomic E-state index is 10.2. The van der Waals surface area contributed by atoms with E-state index in [1.807, 2.05) is 0 Å². The van der Waals surface area contributed by atoms with Crippen LogP contribution in [0.3, 0.4) is 0 Å². The molecular weight excluding hydrogens is 221 g/mol. The summed E-state index contributed by atoms with van der Waals surface area (Å²) >= 11 is 4.19. The Labute approximate surface area is 87.3 Å². The van der Waals surface area contributed by atoms with E-state index in [-0.39, 0.29) is 5.56 Å². The van der Waals surface area contributed by atoms with Gasteiger partial charge in [0.05, 0.1) is 5.56 Å². The van der Waals surface area contributed by atoms with Crippen molar-refractivity contribution in [2.75, 3.05) is 0 Å². The van der Waals surface area contributed by atoms with Gasteiger partial charge >= 0.3 is 42.9 Å². The maximum atomic E-state index is 10.2. The van der Waals surface area contributed by atoms with E-state index in [1.165, 1.54) is 18.5 Å². The van der Waals surface area contributed by atoms with Crippen molar-refractivity contribution in [3.8, 4) is 0 Å². The Bertz CT molecular complexity index is 217. The van der Waals surface area contributed by atoms with Gasteiger partial charge in [-0.25, -0.2) is 4.79 Å². The van der Waals surface area contributed by atoms with Crippen LogP contribution in [0.25, 0.3) is 0 Å². The number of hydrogen-bond acceptors (Lipinski definition) is 2. The second kappa shape index (κ2) is 6.79. The van der Waals surface area contributed by atoms with Crippen molar-refractivity contribution in [1.82, 2.24) is 4.98 Å². The summed E-state index contributed by atoms with van der Waals surface area (Å²) in [7, 11) is 0. The molecule has 0 unspecified atom stereocenters. The van der Waals surface area contributed by atoms with Gasteiger partial charge in [0.25, 0.3) is 0 Å². The molecule has 0 saturated heterocycles. The van der Waals surface area contributed by atoms with E-state index in [2.05, 4.69) is 16.5 Å². The van der Waals surface area contributed by atoms with E-state index in [0.29, 0.717) is 0 Å². The van der Waals surface area contributed by atoms with Crippen LogP contribution in [0.15, 0.2) is 24.5 Å². The van der Waals surface area contributed by atoms with E-state index >= 15 is 0 Å². The molecule has 1 N–H and O–H groups in total. The minimum atomic E-state index is -0.942. The molecule has 3 nitrogen and oxygen atoms in total.